The molecule has 0 amide bonds. The zero-order chi connectivity index (χ0) is 5.91. The van der Waals surface area contributed by atoms with Gasteiger partial charge in [-0.2, -0.15) is 0 Å². The van der Waals surface area contributed by atoms with Crippen LogP contribution >= 0.6 is 6.72 Å². The predicted molar refractivity (Wildman–Crippen MR) is 31.0 cm³/mol. The minimum absolute atomic E-state index is 0. The second-order valence-electron chi connectivity index (χ2n) is 0.904. The summed E-state index contributed by atoms with van der Waals surface area (Å²) in [5.74, 6) is 0. The molecule has 0 heterocycles. The van der Waals surface area contributed by atoms with Crippen molar-refractivity contribution in [1.29, 1.82) is 0 Å². The molecule has 6 heteroatoms. The maximum Gasteiger partial charge on any atom is 1.00 e. The molecular weight excluding hydrogens is 156 g/mol. The van der Waals surface area contributed by atoms with E-state index in [0.29, 0.717) is 0 Å². The van der Waals surface area contributed by atoms with Crippen LogP contribution in [0.2, 0.25) is 0 Å². The van der Waals surface area contributed by atoms with Gasteiger partial charge in [0, 0.05) is 7.11 Å². The summed E-state index contributed by atoms with van der Waals surface area (Å²) < 4.78 is 14.8. The van der Waals surface area contributed by atoms with Crippen molar-refractivity contribution in [1.82, 2.24) is 5.09 Å². The Kier molecular flexibility index (Phi) is 8.08. The molecule has 44 valence electrons. The molecule has 0 aromatic carbocycles. The van der Waals surface area contributed by atoms with E-state index in [1.807, 2.05) is 0 Å². The predicted octanol–water partition coefficient (Wildman–Crippen LogP) is -2.49. The molecule has 0 spiro atoms. The molecular formula is C2H7NNaO2PS. The van der Waals surface area contributed by atoms with Crippen molar-refractivity contribution in [3.8, 4) is 0 Å². The Balaban J connectivity index is 0. The molecule has 8 heavy (non-hydrogen) atoms. The summed E-state index contributed by atoms with van der Waals surface area (Å²) in [6.07, 6.45) is 0. The molecule has 0 saturated carbocycles. The van der Waals surface area contributed by atoms with Gasteiger partial charge in [-0.05, 0) is 7.05 Å². The second kappa shape index (κ2) is 5.30. The first-order valence-electron chi connectivity index (χ1n) is 1.68. The Bertz CT molecular complexity index is 92.0. The molecule has 0 aliphatic carbocycles. The Morgan fingerprint density at radius 2 is 2.12 bits per heavy atom. The Morgan fingerprint density at radius 1 is 1.75 bits per heavy atom. The molecule has 0 aliphatic heterocycles. The average molecular weight is 163 g/mol. The van der Waals surface area contributed by atoms with Gasteiger partial charge in [0.2, 0.25) is 0 Å². The van der Waals surface area contributed by atoms with Crippen molar-refractivity contribution in [3.05, 3.63) is 0 Å². The van der Waals surface area contributed by atoms with Gasteiger partial charge < -0.3 is 21.3 Å². The van der Waals surface area contributed by atoms with Crippen LogP contribution in [0.3, 0.4) is 0 Å². The van der Waals surface area contributed by atoms with Crippen LogP contribution in [0.15, 0.2) is 0 Å². The van der Waals surface area contributed by atoms with Gasteiger partial charge in [-0.25, -0.2) is 0 Å². The summed E-state index contributed by atoms with van der Waals surface area (Å²) in [6, 6.07) is 0. The first kappa shape index (κ1) is 12.2. The summed E-state index contributed by atoms with van der Waals surface area (Å²) in [7, 11) is 2.81. The van der Waals surface area contributed by atoms with E-state index >= 15 is 0 Å². The minimum atomic E-state index is -2.82. The number of rotatable bonds is 2. The molecule has 0 aromatic rings. The standard InChI is InChI=1S/C2H8NO2PS.Na/c1-3-6(4,7)5-2;/h1-2H3,(H2,3,4,7);/q;+1/p-1. The molecule has 0 radical (unpaired) electrons. The van der Waals surface area contributed by atoms with Gasteiger partial charge in [0.25, 0.3) is 0 Å². The second-order valence-corrected chi connectivity index (χ2v) is 4.15. The molecule has 0 saturated heterocycles. The SMILES string of the molecule is CNP(=O)([S-])OC.[Na+]. The third-order valence-corrected chi connectivity index (χ3v) is 2.54. The van der Waals surface area contributed by atoms with Crippen LogP contribution < -0.4 is 34.6 Å². The number of nitrogens with one attached hydrogen (secondary N) is 1. The molecule has 0 aliphatic rings. The first-order chi connectivity index (χ1) is 3.12. The Hall–Kier alpha value is 1.50. The van der Waals surface area contributed by atoms with Crippen molar-refractivity contribution in [2.75, 3.05) is 14.2 Å². The van der Waals surface area contributed by atoms with E-state index < -0.39 is 6.72 Å². The zero-order valence-corrected chi connectivity index (χ0v) is 8.88. The fourth-order valence-corrected chi connectivity index (χ4v) is 0.274. The number of hydrogen-bond donors (Lipinski definition) is 1. The summed E-state index contributed by atoms with van der Waals surface area (Å²) in [5.41, 5.74) is 0. The third kappa shape index (κ3) is 5.63. The van der Waals surface area contributed by atoms with E-state index in [4.69, 9.17) is 0 Å². The van der Waals surface area contributed by atoms with Crippen molar-refractivity contribution in [3.63, 3.8) is 0 Å². The number of hydrogen-bond acceptors (Lipinski definition) is 3. The fourth-order valence-electron chi connectivity index (χ4n) is 0.0913. The first-order valence-corrected chi connectivity index (χ1v) is 4.32. The Morgan fingerprint density at radius 3 is 2.12 bits per heavy atom. The molecule has 0 rings (SSSR count). The van der Waals surface area contributed by atoms with Gasteiger partial charge in [0.05, 0.1) is 0 Å². The van der Waals surface area contributed by atoms with E-state index in [9.17, 15) is 4.57 Å². The topological polar surface area (TPSA) is 38.3 Å². The third-order valence-electron chi connectivity index (χ3n) is 0.514. The fraction of sp³-hybridized carbons (Fsp3) is 1.00. The van der Waals surface area contributed by atoms with Crippen molar-refractivity contribution in [2.45, 2.75) is 0 Å². The molecule has 1 N–H and O–H groups in total. The normalized spacial score (nSPS) is 16.4. The smallest absolute Gasteiger partial charge is 0.673 e. The van der Waals surface area contributed by atoms with Gasteiger partial charge in [0.1, 0.15) is 6.72 Å². The zero-order valence-electron chi connectivity index (χ0n) is 5.17. The van der Waals surface area contributed by atoms with E-state index in [2.05, 4.69) is 21.9 Å². The van der Waals surface area contributed by atoms with Crippen LogP contribution in [0, 0.1) is 0 Å². The van der Waals surface area contributed by atoms with Gasteiger partial charge in [-0.1, -0.05) is 0 Å². The van der Waals surface area contributed by atoms with Crippen LogP contribution in [0.4, 0.5) is 0 Å². The van der Waals surface area contributed by atoms with E-state index in [0.717, 1.165) is 0 Å². The quantitative estimate of drug-likeness (QED) is 0.278. The molecule has 1 atom stereocenters. The van der Waals surface area contributed by atoms with Gasteiger partial charge in [-0.15, -0.1) is 0 Å². The largest absolute Gasteiger partial charge is 1.00 e. The molecule has 3 nitrogen and oxygen atoms in total. The molecule has 0 bridgehead atoms. The summed E-state index contributed by atoms with van der Waals surface area (Å²) in [5, 5.41) is 2.34. The Labute approximate surface area is 76.5 Å². The van der Waals surface area contributed by atoms with Crippen molar-refractivity contribution < 1.29 is 38.6 Å². The van der Waals surface area contributed by atoms with Crippen LogP contribution in [0.1, 0.15) is 0 Å². The monoisotopic (exact) mass is 163 g/mol. The van der Waals surface area contributed by atoms with Crippen LogP contribution in [0.25, 0.3) is 0 Å². The molecule has 1 unspecified atom stereocenters. The average Bonchev–Trinajstić information content (AvgIpc) is 1.68. The minimum Gasteiger partial charge on any atom is -0.673 e. The van der Waals surface area contributed by atoms with Gasteiger partial charge in [-0.3, -0.25) is 5.09 Å². The molecule has 0 aromatic heterocycles. The van der Waals surface area contributed by atoms with E-state index in [1.165, 1.54) is 14.2 Å². The summed E-state index contributed by atoms with van der Waals surface area (Å²) >= 11 is 4.37. The van der Waals surface area contributed by atoms with Gasteiger partial charge >= 0.3 is 29.6 Å². The van der Waals surface area contributed by atoms with Crippen molar-refractivity contribution in [2.24, 2.45) is 0 Å². The van der Waals surface area contributed by atoms with Gasteiger partial charge in [0.15, 0.2) is 0 Å². The van der Waals surface area contributed by atoms with Crippen LogP contribution in [-0.4, -0.2) is 14.2 Å². The van der Waals surface area contributed by atoms with Crippen molar-refractivity contribution >= 4 is 19.0 Å². The van der Waals surface area contributed by atoms with Crippen LogP contribution in [-0.2, 0) is 21.3 Å². The van der Waals surface area contributed by atoms with E-state index in [1.54, 1.807) is 0 Å². The summed E-state index contributed by atoms with van der Waals surface area (Å²) in [6.45, 7) is -2.82. The summed E-state index contributed by atoms with van der Waals surface area (Å²) in [4.78, 5) is 0. The van der Waals surface area contributed by atoms with E-state index in [-0.39, 0.29) is 29.6 Å². The molecule has 0 fully saturated rings. The maximum absolute atomic E-state index is 10.4. The maximum atomic E-state index is 10.4. The van der Waals surface area contributed by atoms with Crippen LogP contribution in [0.5, 0.6) is 0 Å².